The molecule has 0 saturated carbocycles. The number of carboxylic acids is 1. The summed E-state index contributed by atoms with van der Waals surface area (Å²) in [6.45, 7) is 0. The van der Waals surface area contributed by atoms with Crippen LogP contribution in [0, 0.1) is 12.3 Å². The second-order valence-electron chi connectivity index (χ2n) is 3.16. The van der Waals surface area contributed by atoms with Crippen LogP contribution >= 0.6 is 0 Å². The summed E-state index contributed by atoms with van der Waals surface area (Å²) in [7, 11) is 0. The van der Waals surface area contributed by atoms with Crippen molar-refractivity contribution in [1.29, 1.82) is 0 Å². The first-order valence-electron chi connectivity index (χ1n) is 4.66. The number of rotatable bonds is 4. The number of benzene rings is 1. The lowest BCUT2D eigenvalue weighted by atomic mass is 10.1. The third-order valence-corrected chi connectivity index (χ3v) is 1.90. The molecular weight excluding hydrogens is 206 g/mol. The van der Waals surface area contributed by atoms with E-state index in [1.165, 1.54) is 0 Å². The van der Waals surface area contributed by atoms with Crippen molar-refractivity contribution < 1.29 is 14.7 Å². The number of amides is 1. The maximum atomic E-state index is 11.2. The van der Waals surface area contributed by atoms with Gasteiger partial charge in [0.2, 0.25) is 5.91 Å². The van der Waals surface area contributed by atoms with Gasteiger partial charge in [0, 0.05) is 5.69 Å². The minimum Gasteiger partial charge on any atom is -0.481 e. The highest BCUT2D eigenvalue weighted by Gasteiger charge is 2.08. The summed E-state index contributed by atoms with van der Waals surface area (Å²) in [5, 5.41) is 11.3. The summed E-state index contributed by atoms with van der Waals surface area (Å²) >= 11 is 0. The zero-order valence-corrected chi connectivity index (χ0v) is 8.56. The van der Waals surface area contributed by atoms with Gasteiger partial charge in [-0.15, -0.1) is 6.42 Å². The van der Waals surface area contributed by atoms with Gasteiger partial charge in [-0.3, -0.25) is 9.59 Å². The highest BCUT2D eigenvalue weighted by Crippen LogP contribution is 2.15. The van der Waals surface area contributed by atoms with Gasteiger partial charge in [0.1, 0.15) is 0 Å². The van der Waals surface area contributed by atoms with Crippen LogP contribution in [0.15, 0.2) is 24.3 Å². The third-order valence-electron chi connectivity index (χ3n) is 1.90. The summed E-state index contributed by atoms with van der Waals surface area (Å²) in [4.78, 5) is 21.8. The molecule has 0 atom stereocenters. The minimum atomic E-state index is -0.946. The maximum Gasteiger partial charge on any atom is 0.307 e. The van der Waals surface area contributed by atoms with Crippen molar-refractivity contribution >= 4 is 17.6 Å². The van der Waals surface area contributed by atoms with Crippen LogP contribution in [0.4, 0.5) is 5.69 Å². The Hall–Kier alpha value is -2.28. The number of carboxylic acid groups (broad SMARTS) is 1. The molecule has 0 aliphatic heterocycles. The molecule has 0 fully saturated rings. The summed E-state index contributed by atoms with van der Waals surface area (Å²) in [6, 6.07) is 6.73. The van der Waals surface area contributed by atoms with Gasteiger partial charge in [-0.1, -0.05) is 24.1 Å². The van der Waals surface area contributed by atoms with Crippen LogP contribution in [0.3, 0.4) is 0 Å². The fourth-order valence-electron chi connectivity index (χ4n) is 1.25. The fourth-order valence-corrected chi connectivity index (χ4v) is 1.25. The number of anilines is 1. The summed E-state index contributed by atoms with van der Waals surface area (Å²) < 4.78 is 0. The molecule has 16 heavy (non-hydrogen) atoms. The van der Waals surface area contributed by atoms with Crippen LogP contribution in [0.1, 0.15) is 12.0 Å². The molecule has 1 amide bonds. The quantitative estimate of drug-likeness (QED) is 0.746. The Morgan fingerprint density at radius 3 is 2.69 bits per heavy atom. The Balaban J connectivity index is 2.83. The molecule has 4 nitrogen and oxygen atoms in total. The van der Waals surface area contributed by atoms with E-state index in [4.69, 9.17) is 11.5 Å². The van der Waals surface area contributed by atoms with E-state index in [1.54, 1.807) is 24.3 Å². The van der Waals surface area contributed by atoms with Gasteiger partial charge in [-0.05, 0) is 11.6 Å². The molecule has 4 heteroatoms. The Bertz CT molecular complexity index is 446. The SMILES string of the molecule is C#CCC(=O)Nc1ccccc1CC(=O)O. The molecule has 0 aliphatic rings. The molecule has 0 bridgehead atoms. The summed E-state index contributed by atoms with van der Waals surface area (Å²) in [5.74, 6) is 0.955. The molecule has 0 heterocycles. The number of carbonyl (C=O) groups excluding carboxylic acids is 1. The third kappa shape index (κ3) is 3.46. The highest BCUT2D eigenvalue weighted by atomic mass is 16.4. The van der Waals surface area contributed by atoms with Crippen molar-refractivity contribution in [3.05, 3.63) is 29.8 Å². The first-order valence-corrected chi connectivity index (χ1v) is 4.66. The van der Waals surface area contributed by atoms with Crippen LogP contribution in [0.2, 0.25) is 0 Å². The van der Waals surface area contributed by atoms with Crippen molar-refractivity contribution in [3.63, 3.8) is 0 Å². The van der Waals surface area contributed by atoms with Crippen LogP contribution in [-0.4, -0.2) is 17.0 Å². The van der Waals surface area contributed by atoms with Crippen molar-refractivity contribution in [3.8, 4) is 12.3 Å². The molecule has 82 valence electrons. The second-order valence-corrected chi connectivity index (χ2v) is 3.16. The summed E-state index contributed by atoms with van der Waals surface area (Å²) in [5.41, 5.74) is 1.05. The fraction of sp³-hybridized carbons (Fsp3) is 0.167. The molecule has 0 saturated heterocycles. The molecule has 0 unspecified atom stereocenters. The van der Waals surface area contributed by atoms with E-state index in [1.807, 2.05) is 0 Å². The zero-order chi connectivity index (χ0) is 12.0. The Kier molecular flexibility index (Phi) is 4.10. The average Bonchev–Trinajstić information content (AvgIpc) is 2.20. The van der Waals surface area contributed by atoms with E-state index in [0.29, 0.717) is 11.3 Å². The number of hydrogen-bond acceptors (Lipinski definition) is 2. The van der Waals surface area contributed by atoms with Crippen molar-refractivity contribution in [1.82, 2.24) is 0 Å². The first-order chi connectivity index (χ1) is 7.63. The standard InChI is InChI=1S/C12H11NO3/c1-2-5-11(14)13-10-7-4-3-6-9(10)8-12(15)16/h1,3-4,6-7H,5,8H2,(H,13,14)(H,15,16). The Morgan fingerprint density at radius 1 is 1.38 bits per heavy atom. The molecule has 0 radical (unpaired) electrons. The van der Waals surface area contributed by atoms with Crippen LogP contribution < -0.4 is 5.32 Å². The van der Waals surface area contributed by atoms with E-state index in [-0.39, 0.29) is 18.7 Å². The number of nitrogens with one attached hydrogen (secondary N) is 1. The highest BCUT2D eigenvalue weighted by molar-refractivity contribution is 5.93. The average molecular weight is 217 g/mol. The van der Waals surface area contributed by atoms with Gasteiger partial charge in [-0.2, -0.15) is 0 Å². The lowest BCUT2D eigenvalue weighted by Crippen LogP contribution is -2.13. The lowest BCUT2D eigenvalue weighted by molar-refractivity contribution is -0.136. The van der Waals surface area contributed by atoms with Crippen molar-refractivity contribution in [2.75, 3.05) is 5.32 Å². The molecule has 0 aliphatic carbocycles. The Morgan fingerprint density at radius 2 is 2.06 bits per heavy atom. The van der Waals surface area contributed by atoms with Gasteiger partial charge in [0.25, 0.3) is 0 Å². The maximum absolute atomic E-state index is 11.2. The zero-order valence-electron chi connectivity index (χ0n) is 8.56. The van der Waals surface area contributed by atoms with Gasteiger partial charge in [0.05, 0.1) is 12.8 Å². The minimum absolute atomic E-state index is 0.0264. The molecule has 2 N–H and O–H groups in total. The molecule has 0 aromatic heterocycles. The second kappa shape index (κ2) is 5.56. The van der Waals surface area contributed by atoms with Crippen molar-refractivity contribution in [2.24, 2.45) is 0 Å². The monoisotopic (exact) mass is 217 g/mol. The van der Waals surface area contributed by atoms with Gasteiger partial charge >= 0.3 is 5.97 Å². The van der Waals surface area contributed by atoms with E-state index < -0.39 is 5.97 Å². The lowest BCUT2D eigenvalue weighted by Gasteiger charge is -2.08. The number of terminal acetylenes is 1. The first kappa shape index (κ1) is 11.8. The van der Waals surface area contributed by atoms with E-state index in [0.717, 1.165) is 0 Å². The van der Waals surface area contributed by atoms with Gasteiger partial charge < -0.3 is 10.4 Å². The molecule has 0 spiro atoms. The predicted octanol–water partition coefficient (Wildman–Crippen LogP) is 1.28. The molecular formula is C12H11NO3. The molecule has 1 rings (SSSR count). The van der Waals surface area contributed by atoms with Gasteiger partial charge in [-0.25, -0.2) is 0 Å². The van der Waals surface area contributed by atoms with E-state index in [2.05, 4.69) is 11.2 Å². The normalized spacial score (nSPS) is 9.19. The number of aliphatic carboxylic acids is 1. The smallest absolute Gasteiger partial charge is 0.307 e. The predicted molar refractivity (Wildman–Crippen MR) is 59.9 cm³/mol. The van der Waals surface area contributed by atoms with Crippen LogP contribution in [-0.2, 0) is 16.0 Å². The topological polar surface area (TPSA) is 66.4 Å². The molecule has 1 aromatic rings. The van der Waals surface area contributed by atoms with E-state index >= 15 is 0 Å². The number of hydrogen-bond donors (Lipinski definition) is 2. The van der Waals surface area contributed by atoms with Crippen LogP contribution in [0.25, 0.3) is 0 Å². The van der Waals surface area contributed by atoms with Crippen molar-refractivity contribution in [2.45, 2.75) is 12.8 Å². The molecule has 1 aromatic carbocycles. The largest absolute Gasteiger partial charge is 0.481 e. The Labute approximate surface area is 93.3 Å². The van der Waals surface area contributed by atoms with Gasteiger partial charge in [0.15, 0.2) is 0 Å². The van der Waals surface area contributed by atoms with E-state index in [9.17, 15) is 9.59 Å². The number of para-hydroxylation sites is 1. The van der Waals surface area contributed by atoms with Crippen LogP contribution in [0.5, 0.6) is 0 Å². The number of carbonyl (C=O) groups is 2. The summed E-state index contributed by atoms with van der Waals surface area (Å²) in [6.07, 6.45) is 4.84.